The average Bonchev–Trinajstić information content (AvgIpc) is 3.14. The van der Waals surface area contributed by atoms with Crippen LogP contribution in [0, 0.1) is 6.92 Å². The summed E-state index contributed by atoms with van der Waals surface area (Å²) in [7, 11) is 0. The van der Waals surface area contributed by atoms with Crippen molar-refractivity contribution in [1.29, 1.82) is 0 Å². The fourth-order valence-electron chi connectivity index (χ4n) is 3.28. The first kappa shape index (κ1) is 18.0. The third kappa shape index (κ3) is 3.29. The summed E-state index contributed by atoms with van der Waals surface area (Å²) in [5, 5.41) is 8.27. The largest absolute Gasteiger partial charge is 0.492 e. The lowest BCUT2D eigenvalue weighted by Gasteiger charge is -2.16. The Labute approximate surface area is 164 Å². The molecule has 0 unspecified atom stereocenters. The van der Waals surface area contributed by atoms with Crippen molar-refractivity contribution in [2.24, 2.45) is 0 Å². The van der Waals surface area contributed by atoms with Crippen LogP contribution in [0.25, 0.3) is 17.2 Å². The van der Waals surface area contributed by atoms with E-state index in [4.69, 9.17) is 9.84 Å². The zero-order chi connectivity index (χ0) is 19.5. The molecule has 4 rings (SSSR count). The predicted octanol–water partition coefficient (Wildman–Crippen LogP) is 4.80. The standard InChI is InChI=1S/C22H23N5O/c1-4-17-15(3)23-22-25-20(16-11-7-6-8-12-16)26-27(22)21(17)24-18-13-9-10-14-19(18)28-5-2/h6-14,24H,4-5H2,1-3H3. The predicted molar refractivity (Wildman–Crippen MR) is 111 cm³/mol. The molecule has 6 nitrogen and oxygen atoms in total. The Bertz CT molecular complexity index is 1100. The molecule has 0 aliphatic rings. The normalized spacial score (nSPS) is 11.0. The van der Waals surface area contributed by atoms with Crippen LogP contribution in [0.4, 0.5) is 11.5 Å². The fraction of sp³-hybridized carbons (Fsp3) is 0.227. The van der Waals surface area contributed by atoms with Crippen LogP contribution in [0.1, 0.15) is 25.1 Å². The molecule has 0 aliphatic heterocycles. The smallest absolute Gasteiger partial charge is 0.254 e. The topological polar surface area (TPSA) is 64.3 Å². The van der Waals surface area contributed by atoms with Gasteiger partial charge in [0.05, 0.1) is 12.3 Å². The molecule has 2 aromatic heterocycles. The van der Waals surface area contributed by atoms with Crippen LogP contribution < -0.4 is 10.1 Å². The number of fused-ring (bicyclic) bond motifs is 1. The number of rotatable bonds is 6. The Balaban J connectivity index is 1.87. The Morgan fingerprint density at radius 3 is 2.46 bits per heavy atom. The van der Waals surface area contributed by atoms with E-state index in [-0.39, 0.29) is 0 Å². The lowest BCUT2D eigenvalue weighted by atomic mass is 10.1. The summed E-state index contributed by atoms with van der Waals surface area (Å²) >= 11 is 0. The van der Waals surface area contributed by atoms with Gasteiger partial charge in [0, 0.05) is 16.8 Å². The molecule has 0 saturated heterocycles. The van der Waals surface area contributed by atoms with Gasteiger partial charge in [-0.3, -0.25) is 0 Å². The minimum absolute atomic E-state index is 0.574. The maximum atomic E-state index is 5.78. The first-order valence-electron chi connectivity index (χ1n) is 9.51. The van der Waals surface area contributed by atoms with Crippen molar-refractivity contribution in [2.75, 3.05) is 11.9 Å². The Hall–Kier alpha value is -3.41. The fourth-order valence-corrected chi connectivity index (χ4v) is 3.28. The second kappa shape index (κ2) is 7.68. The number of benzene rings is 2. The molecular formula is C22H23N5O. The first-order valence-corrected chi connectivity index (χ1v) is 9.51. The van der Waals surface area contributed by atoms with Gasteiger partial charge < -0.3 is 10.1 Å². The van der Waals surface area contributed by atoms with Gasteiger partial charge in [0.1, 0.15) is 11.6 Å². The third-order valence-electron chi connectivity index (χ3n) is 4.62. The van der Waals surface area contributed by atoms with Gasteiger partial charge in [-0.05, 0) is 32.4 Å². The van der Waals surface area contributed by atoms with E-state index < -0.39 is 0 Å². The van der Waals surface area contributed by atoms with Crippen LogP contribution in [-0.4, -0.2) is 26.2 Å². The average molecular weight is 373 g/mol. The SMILES string of the molecule is CCOc1ccccc1Nc1c(CC)c(C)nc2nc(-c3ccccc3)nn12. The monoisotopic (exact) mass is 373 g/mol. The lowest BCUT2D eigenvalue weighted by molar-refractivity contribution is 0.342. The zero-order valence-corrected chi connectivity index (χ0v) is 16.3. The number of anilines is 2. The summed E-state index contributed by atoms with van der Waals surface area (Å²) in [6, 6.07) is 17.9. The molecule has 0 saturated carbocycles. The van der Waals surface area contributed by atoms with Crippen molar-refractivity contribution in [1.82, 2.24) is 19.6 Å². The van der Waals surface area contributed by atoms with Crippen LogP contribution in [0.2, 0.25) is 0 Å². The van der Waals surface area contributed by atoms with Crippen molar-refractivity contribution >= 4 is 17.3 Å². The van der Waals surface area contributed by atoms with E-state index in [1.165, 1.54) is 0 Å². The second-order valence-corrected chi connectivity index (χ2v) is 6.45. The van der Waals surface area contributed by atoms with Gasteiger partial charge in [-0.1, -0.05) is 49.4 Å². The zero-order valence-electron chi connectivity index (χ0n) is 16.3. The number of para-hydroxylation sites is 2. The first-order chi connectivity index (χ1) is 13.7. The third-order valence-corrected chi connectivity index (χ3v) is 4.62. The molecule has 2 heterocycles. The van der Waals surface area contributed by atoms with Gasteiger partial charge in [-0.25, -0.2) is 4.98 Å². The molecule has 6 heteroatoms. The number of aromatic nitrogens is 4. The Morgan fingerprint density at radius 2 is 1.71 bits per heavy atom. The van der Waals surface area contributed by atoms with Crippen molar-refractivity contribution in [2.45, 2.75) is 27.2 Å². The van der Waals surface area contributed by atoms with Crippen molar-refractivity contribution in [3.05, 3.63) is 65.9 Å². The molecule has 142 valence electrons. The second-order valence-electron chi connectivity index (χ2n) is 6.45. The van der Waals surface area contributed by atoms with Crippen molar-refractivity contribution in [3.63, 3.8) is 0 Å². The van der Waals surface area contributed by atoms with Crippen LogP contribution in [0.3, 0.4) is 0 Å². The summed E-state index contributed by atoms with van der Waals surface area (Å²) < 4.78 is 7.56. The lowest BCUT2D eigenvalue weighted by Crippen LogP contribution is -2.09. The number of nitrogens with one attached hydrogen (secondary N) is 1. The van der Waals surface area contributed by atoms with Crippen LogP contribution in [-0.2, 0) is 6.42 Å². The van der Waals surface area contributed by atoms with E-state index in [9.17, 15) is 0 Å². The van der Waals surface area contributed by atoms with Gasteiger partial charge in [0.2, 0.25) is 0 Å². The van der Waals surface area contributed by atoms with Crippen LogP contribution in [0.5, 0.6) is 5.75 Å². The van der Waals surface area contributed by atoms with E-state index >= 15 is 0 Å². The number of aryl methyl sites for hydroxylation is 1. The van der Waals surface area contributed by atoms with Crippen molar-refractivity contribution < 1.29 is 4.74 Å². The number of nitrogens with zero attached hydrogens (tertiary/aromatic N) is 4. The minimum Gasteiger partial charge on any atom is -0.492 e. The molecule has 0 spiro atoms. The summed E-state index contributed by atoms with van der Waals surface area (Å²) in [4.78, 5) is 9.32. The molecule has 0 radical (unpaired) electrons. The van der Waals surface area contributed by atoms with Crippen LogP contribution >= 0.6 is 0 Å². The van der Waals surface area contributed by atoms with Gasteiger partial charge in [0.25, 0.3) is 5.78 Å². The Morgan fingerprint density at radius 1 is 0.964 bits per heavy atom. The van der Waals surface area contributed by atoms with Crippen molar-refractivity contribution in [3.8, 4) is 17.1 Å². The van der Waals surface area contributed by atoms with Gasteiger partial charge >= 0.3 is 0 Å². The minimum atomic E-state index is 0.574. The maximum absolute atomic E-state index is 5.78. The molecule has 0 amide bonds. The molecule has 0 bridgehead atoms. The summed E-state index contributed by atoms with van der Waals surface area (Å²) in [6.07, 6.45) is 0.828. The molecule has 0 fully saturated rings. The Kier molecular flexibility index (Phi) is 4.93. The molecule has 28 heavy (non-hydrogen) atoms. The number of hydrogen-bond donors (Lipinski definition) is 1. The quantitative estimate of drug-likeness (QED) is 0.526. The van der Waals surface area contributed by atoms with E-state index in [1.54, 1.807) is 4.52 Å². The number of hydrogen-bond acceptors (Lipinski definition) is 5. The molecule has 2 aromatic carbocycles. The summed E-state index contributed by atoms with van der Waals surface area (Å²) in [5.74, 6) is 2.90. The molecule has 1 N–H and O–H groups in total. The summed E-state index contributed by atoms with van der Waals surface area (Å²) in [5.41, 5.74) is 3.90. The highest BCUT2D eigenvalue weighted by Gasteiger charge is 2.17. The van der Waals surface area contributed by atoms with E-state index in [1.807, 2.05) is 68.4 Å². The molecule has 4 aromatic rings. The maximum Gasteiger partial charge on any atom is 0.254 e. The van der Waals surface area contributed by atoms with Gasteiger partial charge in [-0.2, -0.15) is 9.50 Å². The van der Waals surface area contributed by atoms with E-state index in [0.29, 0.717) is 18.2 Å². The highest BCUT2D eigenvalue weighted by atomic mass is 16.5. The highest BCUT2D eigenvalue weighted by molar-refractivity contribution is 5.69. The molecule has 0 aliphatic carbocycles. The van der Waals surface area contributed by atoms with E-state index in [2.05, 4.69) is 22.2 Å². The number of ether oxygens (including phenoxy) is 1. The highest BCUT2D eigenvalue weighted by Crippen LogP contribution is 2.31. The molecular weight excluding hydrogens is 350 g/mol. The molecule has 0 atom stereocenters. The van der Waals surface area contributed by atoms with Gasteiger partial charge in [-0.15, -0.1) is 5.10 Å². The van der Waals surface area contributed by atoms with E-state index in [0.717, 1.165) is 40.5 Å². The summed E-state index contributed by atoms with van der Waals surface area (Å²) in [6.45, 7) is 6.71. The van der Waals surface area contributed by atoms with Gasteiger partial charge in [0.15, 0.2) is 5.82 Å². The van der Waals surface area contributed by atoms with Crippen LogP contribution in [0.15, 0.2) is 54.6 Å².